The normalized spacial score (nSPS) is 22.5. The first kappa shape index (κ1) is 15.2. The van der Waals surface area contributed by atoms with Crippen LogP contribution in [0, 0.1) is 10.1 Å². The molecule has 6 nitrogen and oxygen atoms in total. The number of morpholine rings is 1. The minimum Gasteiger partial charge on any atom is -0.375 e. The maximum absolute atomic E-state index is 12.2. The first-order chi connectivity index (χ1) is 9.97. The molecule has 1 aliphatic heterocycles. The van der Waals surface area contributed by atoms with Crippen molar-refractivity contribution in [1.82, 2.24) is 4.90 Å². The fourth-order valence-corrected chi connectivity index (χ4v) is 2.22. The predicted octanol–water partition coefficient (Wildman–Crippen LogP) is 2.24. The van der Waals surface area contributed by atoms with E-state index >= 15 is 0 Å². The first-order valence-electron chi connectivity index (χ1n) is 6.82. The van der Waals surface area contributed by atoms with Gasteiger partial charge in [-0.15, -0.1) is 0 Å². The molecule has 6 heteroatoms. The van der Waals surface area contributed by atoms with Crippen LogP contribution < -0.4 is 0 Å². The standard InChI is InChI=1S/C15H18N2O4/c1-11-10-21-12(2)9-16(11)15(18)7-6-13-4-3-5-14(8-13)17(19)20/h3-8,11-12H,9-10H2,1-2H3/b7-6-/t11-,12+/m0/s1. The number of nitro groups is 1. The fraction of sp³-hybridized carbons (Fsp3) is 0.400. The Bertz CT molecular complexity index is 571. The first-order valence-corrected chi connectivity index (χ1v) is 6.82. The molecule has 1 amide bonds. The summed E-state index contributed by atoms with van der Waals surface area (Å²) in [4.78, 5) is 24.2. The maximum atomic E-state index is 12.2. The van der Waals surface area contributed by atoms with Crippen molar-refractivity contribution in [1.29, 1.82) is 0 Å². The number of hydrogen-bond donors (Lipinski definition) is 0. The summed E-state index contributed by atoms with van der Waals surface area (Å²) in [5.41, 5.74) is 0.643. The highest BCUT2D eigenvalue weighted by Gasteiger charge is 2.25. The number of rotatable bonds is 3. The average molecular weight is 290 g/mol. The Balaban J connectivity index is 2.08. The molecule has 1 aromatic carbocycles. The van der Waals surface area contributed by atoms with Gasteiger partial charge in [0.1, 0.15) is 0 Å². The quantitative estimate of drug-likeness (QED) is 0.486. The van der Waals surface area contributed by atoms with Crippen LogP contribution in [0.1, 0.15) is 19.4 Å². The molecule has 0 spiro atoms. The van der Waals surface area contributed by atoms with E-state index in [0.717, 1.165) is 0 Å². The summed E-state index contributed by atoms with van der Waals surface area (Å²) in [7, 11) is 0. The summed E-state index contributed by atoms with van der Waals surface area (Å²) < 4.78 is 5.48. The summed E-state index contributed by atoms with van der Waals surface area (Å²) in [6.45, 7) is 4.94. The number of hydrogen-bond acceptors (Lipinski definition) is 4. The van der Waals surface area contributed by atoms with Crippen LogP contribution in [0.25, 0.3) is 6.08 Å². The number of benzene rings is 1. The van der Waals surface area contributed by atoms with E-state index in [4.69, 9.17) is 4.74 Å². The van der Waals surface area contributed by atoms with Gasteiger partial charge in [0.05, 0.1) is 23.7 Å². The van der Waals surface area contributed by atoms with Crippen molar-refractivity contribution in [2.75, 3.05) is 13.2 Å². The Hall–Kier alpha value is -2.21. The maximum Gasteiger partial charge on any atom is 0.270 e. The molecule has 0 radical (unpaired) electrons. The van der Waals surface area contributed by atoms with E-state index in [-0.39, 0.29) is 23.7 Å². The van der Waals surface area contributed by atoms with E-state index in [1.807, 2.05) is 13.8 Å². The van der Waals surface area contributed by atoms with Crippen molar-refractivity contribution in [3.05, 3.63) is 46.0 Å². The Morgan fingerprint density at radius 1 is 1.48 bits per heavy atom. The van der Waals surface area contributed by atoms with Gasteiger partial charge >= 0.3 is 0 Å². The van der Waals surface area contributed by atoms with Crippen molar-refractivity contribution in [3.8, 4) is 0 Å². The van der Waals surface area contributed by atoms with Crippen LogP contribution in [0.15, 0.2) is 30.3 Å². The Labute approximate surface area is 123 Å². The Morgan fingerprint density at radius 2 is 2.24 bits per heavy atom. The van der Waals surface area contributed by atoms with E-state index < -0.39 is 4.92 Å². The van der Waals surface area contributed by atoms with Crippen molar-refractivity contribution in [3.63, 3.8) is 0 Å². The van der Waals surface area contributed by atoms with Gasteiger partial charge in [0.25, 0.3) is 5.69 Å². The topological polar surface area (TPSA) is 72.7 Å². The molecule has 2 rings (SSSR count). The van der Waals surface area contributed by atoms with E-state index in [1.54, 1.807) is 23.1 Å². The highest BCUT2D eigenvalue weighted by Crippen LogP contribution is 2.15. The second kappa shape index (κ2) is 6.49. The van der Waals surface area contributed by atoms with Gasteiger partial charge in [-0.2, -0.15) is 0 Å². The number of ether oxygens (including phenoxy) is 1. The molecule has 0 aromatic heterocycles. The monoisotopic (exact) mass is 290 g/mol. The smallest absolute Gasteiger partial charge is 0.270 e. The van der Waals surface area contributed by atoms with Crippen molar-refractivity contribution in [2.45, 2.75) is 26.0 Å². The van der Waals surface area contributed by atoms with Crippen molar-refractivity contribution < 1.29 is 14.5 Å². The Kier molecular flexibility index (Phi) is 4.70. The van der Waals surface area contributed by atoms with E-state index in [1.165, 1.54) is 18.2 Å². The molecular weight excluding hydrogens is 272 g/mol. The van der Waals surface area contributed by atoms with Gasteiger partial charge in [-0.25, -0.2) is 0 Å². The van der Waals surface area contributed by atoms with Gasteiger partial charge in [-0.1, -0.05) is 12.1 Å². The SMILES string of the molecule is C[C@@H]1CN(C(=O)/C=C\c2cccc([N+](=O)[O-])c2)[C@@H](C)CO1. The Morgan fingerprint density at radius 3 is 2.95 bits per heavy atom. The van der Waals surface area contributed by atoms with Crippen molar-refractivity contribution >= 4 is 17.7 Å². The van der Waals surface area contributed by atoms with E-state index in [9.17, 15) is 14.9 Å². The largest absolute Gasteiger partial charge is 0.375 e. The molecule has 0 saturated carbocycles. The average Bonchev–Trinajstić information content (AvgIpc) is 2.47. The molecule has 1 heterocycles. The summed E-state index contributed by atoms with van der Waals surface area (Å²) in [5, 5.41) is 10.7. The summed E-state index contributed by atoms with van der Waals surface area (Å²) in [6, 6.07) is 6.22. The van der Waals surface area contributed by atoms with Crippen LogP contribution in [-0.4, -0.2) is 41.0 Å². The van der Waals surface area contributed by atoms with E-state index in [2.05, 4.69) is 0 Å². The van der Waals surface area contributed by atoms with Gasteiger partial charge in [0.15, 0.2) is 0 Å². The summed E-state index contributed by atoms with van der Waals surface area (Å²) in [6.07, 6.45) is 3.08. The molecule has 2 atom stereocenters. The number of carbonyl (C=O) groups excluding carboxylic acids is 1. The molecule has 1 saturated heterocycles. The lowest BCUT2D eigenvalue weighted by molar-refractivity contribution is -0.384. The predicted molar refractivity (Wildman–Crippen MR) is 78.7 cm³/mol. The van der Waals surface area contributed by atoms with Crippen LogP contribution >= 0.6 is 0 Å². The zero-order chi connectivity index (χ0) is 15.4. The fourth-order valence-electron chi connectivity index (χ4n) is 2.22. The number of nitro benzene ring substituents is 1. The zero-order valence-electron chi connectivity index (χ0n) is 12.1. The molecule has 0 N–H and O–H groups in total. The van der Waals surface area contributed by atoms with Crippen LogP contribution in [0.2, 0.25) is 0 Å². The van der Waals surface area contributed by atoms with Crippen LogP contribution in [0.5, 0.6) is 0 Å². The molecule has 112 valence electrons. The summed E-state index contributed by atoms with van der Waals surface area (Å²) in [5.74, 6) is -0.107. The molecule has 1 aliphatic rings. The molecule has 1 aromatic rings. The van der Waals surface area contributed by atoms with Crippen LogP contribution in [0.3, 0.4) is 0 Å². The third kappa shape index (κ3) is 3.88. The van der Waals surface area contributed by atoms with Crippen LogP contribution in [0.4, 0.5) is 5.69 Å². The van der Waals surface area contributed by atoms with Gasteiger partial charge < -0.3 is 9.64 Å². The molecule has 0 unspecified atom stereocenters. The highest BCUT2D eigenvalue weighted by atomic mass is 16.6. The highest BCUT2D eigenvalue weighted by molar-refractivity contribution is 5.92. The molecule has 0 bridgehead atoms. The van der Waals surface area contributed by atoms with Crippen molar-refractivity contribution in [2.24, 2.45) is 0 Å². The van der Waals surface area contributed by atoms with Gasteiger partial charge in [0, 0.05) is 24.8 Å². The molecule has 1 fully saturated rings. The second-order valence-electron chi connectivity index (χ2n) is 5.17. The van der Waals surface area contributed by atoms with Gasteiger partial charge in [-0.05, 0) is 25.5 Å². The summed E-state index contributed by atoms with van der Waals surface area (Å²) >= 11 is 0. The van der Waals surface area contributed by atoms with Crippen LogP contribution in [-0.2, 0) is 9.53 Å². The van der Waals surface area contributed by atoms with Gasteiger partial charge in [0.2, 0.25) is 5.91 Å². The number of amides is 1. The molecule has 0 aliphatic carbocycles. The minimum absolute atomic E-state index is 0.0120. The second-order valence-corrected chi connectivity index (χ2v) is 5.17. The minimum atomic E-state index is -0.453. The molecule has 21 heavy (non-hydrogen) atoms. The number of non-ortho nitro benzene ring substituents is 1. The number of carbonyl (C=O) groups is 1. The zero-order valence-corrected chi connectivity index (χ0v) is 12.1. The number of nitrogens with zero attached hydrogens (tertiary/aromatic N) is 2. The lowest BCUT2D eigenvalue weighted by Gasteiger charge is -2.36. The van der Waals surface area contributed by atoms with E-state index in [0.29, 0.717) is 18.7 Å². The molecular formula is C15H18N2O4. The third-order valence-electron chi connectivity index (χ3n) is 3.39. The van der Waals surface area contributed by atoms with Gasteiger partial charge in [-0.3, -0.25) is 14.9 Å². The lowest BCUT2D eigenvalue weighted by atomic mass is 10.1. The lowest BCUT2D eigenvalue weighted by Crippen LogP contribution is -2.49. The third-order valence-corrected chi connectivity index (χ3v) is 3.39.